The molecular weight excluding hydrogens is 438 g/mol. The van der Waals surface area contributed by atoms with Crippen molar-refractivity contribution in [3.63, 3.8) is 0 Å². The molecule has 1 aliphatic rings. The van der Waals surface area contributed by atoms with E-state index in [0.717, 1.165) is 53.0 Å². The lowest BCUT2D eigenvalue weighted by Gasteiger charge is -2.17. The maximum atomic E-state index is 11.5. The fourth-order valence-electron chi connectivity index (χ4n) is 3.98. The molecule has 0 amide bonds. The Balaban J connectivity index is 1.46. The molecule has 0 unspecified atom stereocenters. The van der Waals surface area contributed by atoms with Crippen molar-refractivity contribution in [2.45, 2.75) is 38.3 Å². The zero-order valence-electron chi connectivity index (χ0n) is 18.9. The third-order valence-electron chi connectivity index (χ3n) is 5.56. The third kappa shape index (κ3) is 6.38. The fraction of sp³-hybridized carbons (Fsp3) is 0.320. The van der Waals surface area contributed by atoms with Crippen LogP contribution in [0.5, 0.6) is 11.5 Å². The van der Waals surface area contributed by atoms with E-state index in [1.165, 1.54) is 12.8 Å². The Hall–Kier alpha value is -3.26. The highest BCUT2D eigenvalue weighted by Gasteiger charge is 2.18. The van der Waals surface area contributed by atoms with Crippen molar-refractivity contribution in [1.29, 1.82) is 0 Å². The molecule has 0 saturated heterocycles. The van der Waals surface area contributed by atoms with Gasteiger partial charge in [0.25, 0.3) is 0 Å². The minimum atomic E-state index is -3.34. The van der Waals surface area contributed by atoms with Gasteiger partial charge in [0.05, 0.1) is 25.2 Å². The number of methoxy groups -OCH3 is 1. The number of benzene rings is 2. The van der Waals surface area contributed by atoms with Crippen LogP contribution in [0.3, 0.4) is 0 Å². The molecule has 0 bridgehead atoms. The average molecular weight is 468 g/mol. The summed E-state index contributed by atoms with van der Waals surface area (Å²) in [6.45, 7) is 0.603. The first kappa shape index (κ1) is 22.9. The molecule has 1 saturated carbocycles. The predicted molar refractivity (Wildman–Crippen MR) is 131 cm³/mol. The van der Waals surface area contributed by atoms with Gasteiger partial charge in [0.2, 0.25) is 10.0 Å². The Morgan fingerprint density at radius 2 is 1.76 bits per heavy atom. The largest absolute Gasteiger partial charge is 0.493 e. The molecule has 7 nitrogen and oxygen atoms in total. The number of nitrogens with zero attached hydrogens (tertiary/aromatic N) is 1. The molecule has 0 radical (unpaired) electrons. The van der Waals surface area contributed by atoms with Crippen LogP contribution >= 0.6 is 0 Å². The Labute approximate surface area is 195 Å². The summed E-state index contributed by atoms with van der Waals surface area (Å²) in [5, 5.41) is 3.41. The van der Waals surface area contributed by atoms with E-state index in [2.05, 4.69) is 15.0 Å². The van der Waals surface area contributed by atoms with Crippen molar-refractivity contribution < 1.29 is 17.9 Å². The molecule has 4 rings (SSSR count). The first-order valence-corrected chi connectivity index (χ1v) is 12.9. The average Bonchev–Trinajstić information content (AvgIpc) is 3.30. The van der Waals surface area contributed by atoms with Gasteiger partial charge in [-0.05, 0) is 67.1 Å². The van der Waals surface area contributed by atoms with Crippen molar-refractivity contribution >= 4 is 21.4 Å². The molecule has 1 aromatic heterocycles. The quantitative estimate of drug-likeness (QED) is 0.457. The number of hydrogen-bond acceptors (Lipinski definition) is 6. The second kappa shape index (κ2) is 10.1. The normalized spacial score (nSPS) is 14.1. The highest BCUT2D eigenvalue weighted by molar-refractivity contribution is 7.92. The van der Waals surface area contributed by atoms with Gasteiger partial charge in [0.1, 0.15) is 0 Å². The van der Waals surface area contributed by atoms with Gasteiger partial charge in [-0.15, -0.1) is 0 Å². The van der Waals surface area contributed by atoms with Crippen LogP contribution in [0, 0.1) is 0 Å². The standard InChI is InChI=1S/C25H29N3O4S/c1-31-24-11-10-18(12-25(24)32-23-8-3-4-9-23)15-27-22-14-20(16-26-17-22)19-6-5-7-21(13-19)28-33(2,29)30/h5-7,10-14,16-17,23,27-28H,3-4,8-9,15H2,1-2H3. The van der Waals surface area contributed by atoms with E-state index in [1.54, 1.807) is 31.6 Å². The summed E-state index contributed by atoms with van der Waals surface area (Å²) in [5.41, 5.74) is 4.21. The number of pyridine rings is 1. The van der Waals surface area contributed by atoms with E-state index in [1.807, 2.05) is 36.4 Å². The lowest BCUT2D eigenvalue weighted by Crippen LogP contribution is -2.12. The topological polar surface area (TPSA) is 89.5 Å². The maximum absolute atomic E-state index is 11.5. The van der Waals surface area contributed by atoms with Gasteiger partial charge in [-0.25, -0.2) is 8.42 Å². The molecular formula is C25H29N3O4S. The lowest BCUT2D eigenvalue weighted by atomic mass is 10.1. The van der Waals surface area contributed by atoms with Gasteiger partial charge >= 0.3 is 0 Å². The smallest absolute Gasteiger partial charge is 0.229 e. The molecule has 174 valence electrons. The number of aromatic nitrogens is 1. The highest BCUT2D eigenvalue weighted by Crippen LogP contribution is 2.33. The molecule has 2 N–H and O–H groups in total. The van der Waals surface area contributed by atoms with Crippen LogP contribution in [0.4, 0.5) is 11.4 Å². The lowest BCUT2D eigenvalue weighted by molar-refractivity contribution is 0.200. The number of rotatable bonds is 9. The molecule has 0 spiro atoms. The summed E-state index contributed by atoms with van der Waals surface area (Å²) in [7, 11) is -1.68. The Bertz CT molecular complexity index is 1210. The molecule has 8 heteroatoms. The summed E-state index contributed by atoms with van der Waals surface area (Å²) >= 11 is 0. The van der Waals surface area contributed by atoms with Crippen molar-refractivity contribution in [2.75, 3.05) is 23.4 Å². The second-order valence-electron chi connectivity index (χ2n) is 8.28. The SMILES string of the molecule is COc1ccc(CNc2cncc(-c3cccc(NS(C)(=O)=O)c3)c2)cc1OC1CCCC1. The van der Waals surface area contributed by atoms with Crippen molar-refractivity contribution in [3.8, 4) is 22.6 Å². The molecule has 3 aromatic rings. The molecule has 0 atom stereocenters. The number of nitrogens with one attached hydrogen (secondary N) is 2. The van der Waals surface area contributed by atoms with Gasteiger partial charge in [-0.2, -0.15) is 0 Å². The number of ether oxygens (including phenoxy) is 2. The predicted octanol–water partition coefficient (Wildman–Crippen LogP) is 5.06. The first-order valence-electron chi connectivity index (χ1n) is 11.0. The maximum Gasteiger partial charge on any atom is 0.229 e. The van der Waals surface area contributed by atoms with E-state index in [0.29, 0.717) is 12.2 Å². The number of hydrogen-bond donors (Lipinski definition) is 2. The third-order valence-corrected chi connectivity index (χ3v) is 6.16. The summed E-state index contributed by atoms with van der Waals surface area (Å²) < 4.78 is 37.3. The Morgan fingerprint density at radius 1 is 0.970 bits per heavy atom. The van der Waals surface area contributed by atoms with Gasteiger partial charge in [0, 0.05) is 30.2 Å². The number of sulfonamides is 1. The molecule has 1 aliphatic carbocycles. The van der Waals surface area contributed by atoms with Crippen molar-refractivity contribution in [1.82, 2.24) is 4.98 Å². The van der Waals surface area contributed by atoms with Crippen LogP contribution in [-0.2, 0) is 16.6 Å². The summed E-state index contributed by atoms with van der Waals surface area (Å²) in [6, 6.07) is 15.2. The molecule has 1 fully saturated rings. The van der Waals surface area contributed by atoms with Crippen molar-refractivity contribution in [2.24, 2.45) is 0 Å². The molecule has 1 heterocycles. The zero-order valence-corrected chi connectivity index (χ0v) is 19.7. The van der Waals surface area contributed by atoms with Gasteiger partial charge in [-0.1, -0.05) is 18.2 Å². The number of anilines is 2. The highest BCUT2D eigenvalue weighted by atomic mass is 32.2. The zero-order chi connectivity index (χ0) is 23.3. The minimum Gasteiger partial charge on any atom is -0.493 e. The Kier molecular flexibility index (Phi) is 7.03. The van der Waals surface area contributed by atoms with E-state index >= 15 is 0 Å². The van der Waals surface area contributed by atoms with Crippen LogP contribution in [0.1, 0.15) is 31.2 Å². The van der Waals surface area contributed by atoms with E-state index in [4.69, 9.17) is 9.47 Å². The Morgan fingerprint density at radius 3 is 2.52 bits per heavy atom. The fourth-order valence-corrected chi connectivity index (χ4v) is 4.54. The molecule has 33 heavy (non-hydrogen) atoms. The molecule has 2 aromatic carbocycles. The van der Waals surface area contributed by atoms with Crippen LogP contribution in [0.25, 0.3) is 11.1 Å². The molecule has 0 aliphatic heterocycles. The van der Waals surface area contributed by atoms with Crippen LogP contribution < -0.4 is 19.5 Å². The van der Waals surface area contributed by atoms with Gasteiger partial charge in [-0.3, -0.25) is 9.71 Å². The van der Waals surface area contributed by atoms with E-state index in [9.17, 15) is 8.42 Å². The van der Waals surface area contributed by atoms with Crippen molar-refractivity contribution in [3.05, 3.63) is 66.5 Å². The first-order chi connectivity index (χ1) is 15.9. The second-order valence-corrected chi connectivity index (χ2v) is 10.0. The monoisotopic (exact) mass is 467 g/mol. The van der Waals surface area contributed by atoms with E-state index in [-0.39, 0.29) is 6.10 Å². The summed E-state index contributed by atoms with van der Waals surface area (Å²) in [5.74, 6) is 1.53. The van der Waals surface area contributed by atoms with Crippen LogP contribution in [-0.4, -0.2) is 32.9 Å². The van der Waals surface area contributed by atoms with E-state index < -0.39 is 10.0 Å². The summed E-state index contributed by atoms with van der Waals surface area (Å²) in [4.78, 5) is 4.35. The van der Waals surface area contributed by atoms with Crippen LogP contribution in [0.2, 0.25) is 0 Å². The van der Waals surface area contributed by atoms with Gasteiger partial charge < -0.3 is 14.8 Å². The van der Waals surface area contributed by atoms with Gasteiger partial charge in [0.15, 0.2) is 11.5 Å². The summed E-state index contributed by atoms with van der Waals surface area (Å²) in [6.07, 6.45) is 9.52. The van der Waals surface area contributed by atoms with Crippen LogP contribution in [0.15, 0.2) is 60.9 Å². The minimum absolute atomic E-state index is 0.260.